The molecule has 66 valence electrons. The Bertz CT molecular complexity index is 142. The fourth-order valence-electron chi connectivity index (χ4n) is 2.13. The number of aliphatic hydroxyl groups excluding tert-OH is 1. The van der Waals surface area contributed by atoms with E-state index in [0.29, 0.717) is 0 Å². The maximum Gasteiger partial charge on any atom is 0.0625 e. The lowest BCUT2D eigenvalue weighted by molar-refractivity contribution is -0.0476. The van der Waals surface area contributed by atoms with Crippen LogP contribution in [0.5, 0.6) is 0 Å². The van der Waals surface area contributed by atoms with Crippen molar-refractivity contribution >= 4 is 0 Å². The Morgan fingerprint density at radius 3 is 2.27 bits per heavy atom. The first kappa shape index (κ1) is 9.01. The summed E-state index contributed by atoms with van der Waals surface area (Å²) >= 11 is 0. The average molecular weight is 158 g/mol. The molecular formula is C9H18O2. The standard InChI is InChI=1S/C9H18O2/c1-8(7-10)4-3-5-9(2,11)6-8/h10-11H,3-7H2,1-2H3/t8-,9+/m1/s1. The van der Waals surface area contributed by atoms with Crippen molar-refractivity contribution in [2.75, 3.05) is 6.61 Å². The first-order valence-corrected chi connectivity index (χ1v) is 4.31. The summed E-state index contributed by atoms with van der Waals surface area (Å²) in [5, 5.41) is 18.8. The van der Waals surface area contributed by atoms with E-state index in [1.807, 2.05) is 13.8 Å². The minimum Gasteiger partial charge on any atom is -0.396 e. The van der Waals surface area contributed by atoms with Crippen LogP contribution in [0.2, 0.25) is 0 Å². The van der Waals surface area contributed by atoms with E-state index in [9.17, 15) is 5.11 Å². The van der Waals surface area contributed by atoms with Crippen LogP contribution in [-0.2, 0) is 0 Å². The summed E-state index contributed by atoms with van der Waals surface area (Å²) in [5.74, 6) is 0. The van der Waals surface area contributed by atoms with E-state index in [2.05, 4.69) is 0 Å². The lowest BCUT2D eigenvalue weighted by atomic mass is 9.70. The summed E-state index contributed by atoms with van der Waals surface area (Å²) in [4.78, 5) is 0. The quantitative estimate of drug-likeness (QED) is 0.604. The molecule has 1 aliphatic carbocycles. The van der Waals surface area contributed by atoms with E-state index in [4.69, 9.17) is 5.11 Å². The molecule has 0 amide bonds. The van der Waals surface area contributed by atoms with Crippen molar-refractivity contribution < 1.29 is 10.2 Å². The van der Waals surface area contributed by atoms with Crippen LogP contribution in [0.3, 0.4) is 0 Å². The van der Waals surface area contributed by atoms with Gasteiger partial charge in [-0.2, -0.15) is 0 Å². The normalized spacial score (nSPS) is 45.8. The first-order valence-electron chi connectivity index (χ1n) is 4.31. The summed E-state index contributed by atoms with van der Waals surface area (Å²) < 4.78 is 0. The maximum atomic E-state index is 9.73. The van der Waals surface area contributed by atoms with E-state index in [1.54, 1.807) is 0 Å². The van der Waals surface area contributed by atoms with E-state index < -0.39 is 5.60 Å². The van der Waals surface area contributed by atoms with Gasteiger partial charge in [0.2, 0.25) is 0 Å². The van der Waals surface area contributed by atoms with Crippen LogP contribution in [0.25, 0.3) is 0 Å². The number of rotatable bonds is 1. The van der Waals surface area contributed by atoms with Crippen LogP contribution in [-0.4, -0.2) is 22.4 Å². The molecule has 2 nitrogen and oxygen atoms in total. The third kappa shape index (κ3) is 2.17. The molecule has 0 bridgehead atoms. The second kappa shape index (κ2) is 2.76. The van der Waals surface area contributed by atoms with Gasteiger partial charge in [-0.25, -0.2) is 0 Å². The van der Waals surface area contributed by atoms with Crippen molar-refractivity contribution in [2.45, 2.75) is 45.1 Å². The molecule has 0 aromatic heterocycles. The SMILES string of the molecule is C[C@]1(O)CCC[C@@](C)(CO)C1. The third-order valence-corrected chi connectivity index (χ3v) is 2.69. The zero-order valence-corrected chi connectivity index (χ0v) is 7.43. The number of aliphatic hydroxyl groups is 2. The van der Waals surface area contributed by atoms with E-state index in [-0.39, 0.29) is 12.0 Å². The number of hydrogen-bond donors (Lipinski definition) is 2. The highest BCUT2D eigenvalue weighted by atomic mass is 16.3. The zero-order valence-electron chi connectivity index (χ0n) is 7.43. The minimum absolute atomic E-state index is 0.0399. The summed E-state index contributed by atoms with van der Waals surface area (Å²) in [6, 6.07) is 0. The maximum absolute atomic E-state index is 9.73. The fraction of sp³-hybridized carbons (Fsp3) is 1.00. The van der Waals surface area contributed by atoms with Gasteiger partial charge in [-0.3, -0.25) is 0 Å². The van der Waals surface area contributed by atoms with Crippen LogP contribution >= 0.6 is 0 Å². The minimum atomic E-state index is -0.546. The lowest BCUT2D eigenvalue weighted by Gasteiger charge is -2.40. The molecule has 2 heteroatoms. The van der Waals surface area contributed by atoms with E-state index in [0.717, 1.165) is 25.7 Å². The van der Waals surface area contributed by atoms with E-state index in [1.165, 1.54) is 0 Å². The van der Waals surface area contributed by atoms with Gasteiger partial charge in [-0.15, -0.1) is 0 Å². The van der Waals surface area contributed by atoms with Gasteiger partial charge in [-0.1, -0.05) is 6.92 Å². The molecule has 0 aromatic rings. The van der Waals surface area contributed by atoms with Crippen LogP contribution in [0.1, 0.15) is 39.5 Å². The Kier molecular flexibility index (Phi) is 2.26. The molecule has 1 fully saturated rings. The van der Waals surface area contributed by atoms with Crippen molar-refractivity contribution in [2.24, 2.45) is 5.41 Å². The molecule has 11 heavy (non-hydrogen) atoms. The Hall–Kier alpha value is -0.0800. The molecule has 1 aliphatic rings. The largest absolute Gasteiger partial charge is 0.396 e. The van der Waals surface area contributed by atoms with Gasteiger partial charge < -0.3 is 10.2 Å². The summed E-state index contributed by atoms with van der Waals surface area (Å²) in [6.45, 7) is 4.10. The Morgan fingerprint density at radius 1 is 1.27 bits per heavy atom. The van der Waals surface area contributed by atoms with Crippen LogP contribution in [0, 0.1) is 5.41 Å². The van der Waals surface area contributed by atoms with Crippen LogP contribution in [0.4, 0.5) is 0 Å². The molecule has 0 aromatic carbocycles. The van der Waals surface area contributed by atoms with Gasteiger partial charge in [0.05, 0.1) is 5.60 Å². The smallest absolute Gasteiger partial charge is 0.0625 e. The topological polar surface area (TPSA) is 40.5 Å². The predicted octanol–water partition coefficient (Wildman–Crippen LogP) is 1.31. The van der Waals surface area contributed by atoms with Crippen molar-refractivity contribution in [3.05, 3.63) is 0 Å². The molecule has 0 saturated heterocycles. The molecule has 0 unspecified atom stereocenters. The lowest BCUT2D eigenvalue weighted by Crippen LogP contribution is -2.39. The summed E-state index contributed by atoms with van der Waals surface area (Å²) in [6.07, 6.45) is 3.68. The number of hydrogen-bond acceptors (Lipinski definition) is 2. The molecule has 2 N–H and O–H groups in total. The third-order valence-electron chi connectivity index (χ3n) is 2.69. The first-order chi connectivity index (χ1) is 4.97. The van der Waals surface area contributed by atoms with E-state index >= 15 is 0 Å². The second-order valence-corrected chi connectivity index (χ2v) is 4.50. The van der Waals surface area contributed by atoms with Crippen LogP contribution < -0.4 is 0 Å². The second-order valence-electron chi connectivity index (χ2n) is 4.50. The Morgan fingerprint density at radius 2 is 1.91 bits per heavy atom. The predicted molar refractivity (Wildman–Crippen MR) is 44.3 cm³/mol. The molecule has 0 aliphatic heterocycles. The molecule has 1 rings (SSSR count). The molecule has 0 radical (unpaired) electrons. The molecule has 1 saturated carbocycles. The van der Waals surface area contributed by atoms with Crippen molar-refractivity contribution in [1.82, 2.24) is 0 Å². The average Bonchev–Trinajstić information content (AvgIpc) is 1.85. The van der Waals surface area contributed by atoms with Gasteiger partial charge in [0.15, 0.2) is 0 Å². The summed E-state index contributed by atoms with van der Waals surface area (Å²) in [5.41, 5.74) is -0.586. The van der Waals surface area contributed by atoms with Gasteiger partial charge in [-0.05, 0) is 38.0 Å². The molecule has 0 spiro atoms. The monoisotopic (exact) mass is 158 g/mol. The Balaban J connectivity index is 2.59. The highest BCUT2D eigenvalue weighted by molar-refractivity contribution is 4.89. The summed E-state index contributed by atoms with van der Waals surface area (Å²) in [7, 11) is 0. The van der Waals surface area contributed by atoms with Gasteiger partial charge in [0.1, 0.15) is 0 Å². The molecule has 2 atom stereocenters. The zero-order chi connectivity index (χ0) is 8.54. The van der Waals surface area contributed by atoms with Gasteiger partial charge >= 0.3 is 0 Å². The Labute approximate surface area is 68.2 Å². The van der Waals surface area contributed by atoms with Crippen molar-refractivity contribution in [1.29, 1.82) is 0 Å². The molecular weight excluding hydrogens is 140 g/mol. The van der Waals surface area contributed by atoms with Crippen molar-refractivity contribution in [3.8, 4) is 0 Å². The van der Waals surface area contributed by atoms with Gasteiger partial charge in [0, 0.05) is 6.61 Å². The highest BCUT2D eigenvalue weighted by Gasteiger charge is 2.37. The fourth-order valence-corrected chi connectivity index (χ4v) is 2.13. The highest BCUT2D eigenvalue weighted by Crippen LogP contribution is 2.40. The molecule has 0 heterocycles. The van der Waals surface area contributed by atoms with Crippen molar-refractivity contribution in [3.63, 3.8) is 0 Å². The van der Waals surface area contributed by atoms with Gasteiger partial charge in [0.25, 0.3) is 0 Å². The van der Waals surface area contributed by atoms with Crippen LogP contribution in [0.15, 0.2) is 0 Å².